The number of amides is 1. The molecule has 1 heterocycles. The molecule has 2 aromatic rings. The van der Waals surface area contributed by atoms with E-state index in [9.17, 15) is 13.2 Å². The van der Waals surface area contributed by atoms with E-state index in [1.807, 2.05) is 0 Å². The Hall–Kier alpha value is -1.86. The first-order valence-electron chi connectivity index (χ1n) is 4.34. The number of para-hydroxylation sites is 1. The van der Waals surface area contributed by atoms with Crippen LogP contribution in [0.2, 0.25) is 0 Å². The van der Waals surface area contributed by atoms with Crippen molar-refractivity contribution in [3.8, 4) is 0 Å². The first kappa shape index (κ1) is 10.7. The van der Waals surface area contributed by atoms with E-state index in [0.717, 1.165) is 4.57 Å². The molecule has 6 nitrogen and oxygen atoms in total. The predicted octanol–water partition coefficient (Wildman–Crippen LogP) is 0.216. The number of aromatic nitrogens is 1. The smallest absolute Gasteiger partial charge is 0.324 e. The molecule has 0 unspecified atom stereocenters. The van der Waals surface area contributed by atoms with Gasteiger partial charge in [-0.1, -0.05) is 18.2 Å². The standard InChI is InChI=1S/C9H9N3O3S/c10-9(13)12-7-4-2-1-3-6(7)5-8(12)16(11,14)15/h1-5H,(H2,10,13)(H2,11,14,15). The minimum Gasteiger partial charge on any atom is -0.351 e. The average Bonchev–Trinajstić information content (AvgIpc) is 2.55. The zero-order valence-corrected chi connectivity index (χ0v) is 8.94. The molecule has 0 fully saturated rings. The van der Waals surface area contributed by atoms with Crippen molar-refractivity contribution in [3.63, 3.8) is 0 Å². The van der Waals surface area contributed by atoms with Crippen LogP contribution in [0, 0.1) is 0 Å². The Morgan fingerprint density at radius 1 is 1.25 bits per heavy atom. The quantitative estimate of drug-likeness (QED) is 0.742. The third-order valence-electron chi connectivity index (χ3n) is 2.19. The SMILES string of the molecule is NC(=O)n1c(S(N)(=O)=O)cc2ccccc21. The molecule has 0 bridgehead atoms. The van der Waals surface area contributed by atoms with Gasteiger partial charge in [0.2, 0.25) is 0 Å². The second-order valence-electron chi connectivity index (χ2n) is 3.26. The fourth-order valence-corrected chi connectivity index (χ4v) is 2.30. The number of primary sulfonamides is 1. The Labute approximate surface area is 91.5 Å². The monoisotopic (exact) mass is 239 g/mol. The Kier molecular flexibility index (Phi) is 2.21. The lowest BCUT2D eigenvalue weighted by atomic mass is 10.2. The van der Waals surface area contributed by atoms with Crippen LogP contribution < -0.4 is 10.9 Å². The first-order valence-corrected chi connectivity index (χ1v) is 5.89. The topological polar surface area (TPSA) is 108 Å². The molecule has 0 atom stereocenters. The van der Waals surface area contributed by atoms with Crippen LogP contribution in [0.3, 0.4) is 0 Å². The third kappa shape index (κ3) is 1.55. The van der Waals surface area contributed by atoms with E-state index in [1.165, 1.54) is 6.07 Å². The maximum Gasteiger partial charge on any atom is 0.324 e. The van der Waals surface area contributed by atoms with Gasteiger partial charge in [-0.25, -0.2) is 18.4 Å². The van der Waals surface area contributed by atoms with Crippen molar-refractivity contribution < 1.29 is 13.2 Å². The van der Waals surface area contributed by atoms with Gasteiger partial charge in [-0.2, -0.15) is 0 Å². The molecule has 16 heavy (non-hydrogen) atoms. The van der Waals surface area contributed by atoms with Crippen molar-refractivity contribution in [2.45, 2.75) is 5.03 Å². The number of nitrogens with two attached hydrogens (primary N) is 2. The van der Waals surface area contributed by atoms with Crippen molar-refractivity contribution in [2.75, 3.05) is 0 Å². The van der Waals surface area contributed by atoms with E-state index < -0.39 is 16.1 Å². The summed E-state index contributed by atoms with van der Waals surface area (Å²) in [6, 6.07) is 7.09. The first-order chi connectivity index (χ1) is 7.41. The van der Waals surface area contributed by atoms with Crippen LogP contribution in [0.1, 0.15) is 0 Å². The molecule has 84 valence electrons. The molecule has 0 spiro atoms. The fraction of sp³-hybridized carbons (Fsp3) is 0. The second kappa shape index (κ2) is 3.32. The van der Waals surface area contributed by atoms with Gasteiger partial charge in [0.15, 0.2) is 5.03 Å². The molecular weight excluding hydrogens is 230 g/mol. The highest BCUT2D eigenvalue weighted by Crippen LogP contribution is 2.21. The lowest BCUT2D eigenvalue weighted by molar-refractivity contribution is 0.249. The second-order valence-corrected chi connectivity index (χ2v) is 4.77. The van der Waals surface area contributed by atoms with Gasteiger partial charge in [0, 0.05) is 5.39 Å². The summed E-state index contributed by atoms with van der Waals surface area (Å²) in [5, 5.41) is 5.29. The van der Waals surface area contributed by atoms with Crippen LogP contribution in [0.5, 0.6) is 0 Å². The van der Waals surface area contributed by atoms with Gasteiger partial charge < -0.3 is 5.73 Å². The molecule has 0 radical (unpaired) electrons. The van der Waals surface area contributed by atoms with E-state index in [2.05, 4.69) is 0 Å². The highest BCUT2D eigenvalue weighted by Gasteiger charge is 2.20. The van der Waals surface area contributed by atoms with Gasteiger partial charge in [-0.15, -0.1) is 0 Å². The Bertz CT molecular complexity index is 672. The average molecular weight is 239 g/mol. The summed E-state index contributed by atoms with van der Waals surface area (Å²) >= 11 is 0. The highest BCUT2D eigenvalue weighted by molar-refractivity contribution is 7.89. The Morgan fingerprint density at radius 2 is 1.88 bits per heavy atom. The summed E-state index contributed by atoms with van der Waals surface area (Å²) in [7, 11) is -3.98. The number of benzene rings is 1. The third-order valence-corrected chi connectivity index (χ3v) is 3.07. The number of fused-ring (bicyclic) bond motifs is 1. The molecule has 1 amide bonds. The fourth-order valence-electron chi connectivity index (χ4n) is 1.57. The van der Waals surface area contributed by atoms with Gasteiger partial charge in [-0.05, 0) is 12.1 Å². The predicted molar refractivity (Wildman–Crippen MR) is 58.3 cm³/mol. The summed E-state index contributed by atoms with van der Waals surface area (Å²) in [4.78, 5) is 11.2. The van der Waals surface area contributed by atoms with Gasteiger partial charge >= 0.3 is 6.03 Å². The molecular formula is C9H9N3O3S. The Morgan fingerprint density at radius 3 is 2.44 bits per heavy atom. The molecule has 0 aliphatic heterocycles. The normalized spacial score (nSPS) is 11.8. The van der Waals surface area contributed by atoms with E-state index in [1.54, 1.807) is 24.3 Å². The van der Waals surface area contributed by atoms with E-state index >= 15 is 0 Å². The molecule has 0 saturated heterocycles. The number of sulfonamides is 1. The molecule has 0 saturated carbocycles. The van der Waals surface area contributed by atoms with E-state index in [0.29, 0.717) is 10.9 Å². The minimum absolute atomic E-state index is 0.304. The summed E-state index contributed by atoms with van der Waals surface area (Å²) in [6.07, 6.45) is 0. The number of primary amides is 1. The van der Waals surface area contributed by atoms with Gasteiger partial charge in [-0.3, -0.25) is 4.57 Å². The van der Waals surface area contributed by atoms with Crippen LogP contribution in [-0.4, -0.2) is 19.0 Å². The Balaban J connectivity index is 2.95. The number of rotatable bonds is 1. The highest BCUT2D eigenvalue weighted by atomic mass is 32.2. The van der Waals surface area contributed by atoms with Crippen LogP contribution in [0.15, 0.2) is 35.4 Å². The number of carbonyl (C=O) groups is 1. The largest absolute Gasteiger partial charge is 0.351 e. The summed E-state index contributed by atoms with van der Waals surface area (Å²) < 4.78 is 23.4. The van der Waals surface area contributed by atoms with Gasteiger partial charge in [0.05, 0.1) is 5.52 Å². The van der Waals surface area contributed by atoms with Crippen LogP contribution in [-0.2, 0) is 10.0 Å². The number of hydrogen-bond donors (Lipinski definition) is 2. The molecule has 7 heteroatoms. The van der Waals surface area contributed by atoms with Crippen molar-refractivity contribution in [1.29, 1.82) is 0 Å². The zero-order valence-electron chi connectivity index (χ0n) is 8.12. The zero-order chi connectivity index (χ0) is 11.9. The van der Waals surface area contributed by atoms with E-state index in [4.69, 9.17) is 10.9 Å². The van der Waals surface area contributed by atoms with Crippen molar-refractivity contribution >= 4 is 27.0 Å². The van der Waals surface area contributed by atoms with Crippen molar-refractivity contribution in [2.24, 2.45) is 10.9 Å². The molecule has 1 aromatic heterocycles. The minimum atomic E-state index is -3.98. The number of carbonyl (C=O) groups excluding carboxylic acids is 1. The lowest BCUT2D eigenvalue weighted by Crippen LogP contribution is -2.25. The maximum absolute atomic E-state index is 11.3. The number of nitrogens with zero attached hydrogens (tertiary/aromatic N) is 1. The van der Waals surface area contributed by atoms with Crippen LogP contribution >= 0.6 is 0 Å². The maximum atomic E-state index is 11.3. The van der Waals surface area contributed by atoms with Gasteiger partial charge in [0.1, 0.15) is 0 Å². The summed E-state index contributed by atoms with van der Waals surface area (Å²) in [6.45, 7) is 0. The van der Waals surface area contributed by atoms with Crippen LogP contribution in [0.25, 0.3) is 10.9 Å². The molecule has 4 N–H and O–H groups in total. The molecule has 0 aliphatic rings. The molecule has 2 rings (SSSR count). The van der Waals surface area contributed by atoms with Crippen molar-refractivity contribution in [1.82, 2.24) is 4.57 Å². The summed E-state index contributed by atoms with van der Waals surface area (Å²) in [5.74, 6) is 0. The molecule has 1 aromatic carbocycles. The van der Waals surface area contributed by atoms with E-state index in [-0.39, 0.29) is 5.03 Å². The number of hydrogen-bond acceptors (Lipinski definition) is 3. The summed E-state index contributed by atoms with van der Waals surface area (Å²) in [5.41, 5.74) is 5.54. The van der Waals surface area contributed by atoms with Crippen LogP contribution in [0.4, 0.5) is 4.79 Å². The van der Waals surface area contributed by atoms with Gasteiger partial charge in [0.25, 0.3) is 10.0 Å². The lowest BCUT2D eigenvalue weighted by Gasteiger charge is -2.03. The molecule has 0 aliphatic carbocycles. The van der Waals surface area contributed by atoms with Crippen molar-refractivity contribution in [3.05, 3.63) is 30.3 Å².